The number of carbonyl (C=O) groups excluding carboxylic acids is 1. The zero-order chi connectivity index (χ0) is 7.72. The van der Waals surface area contributed by atoms with Crippen LogP contribution in [0.5, 0.6) is 0 Å². The van der Waals surface area contributed by atoms with E-state index in [0.717, 1.165) is 5.69 Å². The van der Waals surface area contributed by atoms with Gasteiger partial charge in [0.15, 0.2) is 4.77 Å². The van der Waals surface area contributed by atoms with E-state index in [0.29, 0.717) is 4.77 Å². The van der Waals surface area contributed by atoms with Crippen LogP contribution in [0.25, 0.3) is 0 Å². The maximum Gasteiger partial charge on any atom is 0.229 e. The third kappa shape index (κ3) is 1.16. The minimum absolute atomic E-state index is 0.0608. The number of nitrogens with one attached hydrogen (secondary N) is 1. The molecule has 3 nitrogen and oxygen atoms in total. The fourth-order valence-corrected chi connectivity index (χ4v) is 1.09. The highest BCUT2D eigenvalue weighted by atomic mass is 32.1. The molecule has 0 bridgehead atoms. The lowest BCUT2D eigenvalue weighted by atomic mass is 10.5. The highest BCUT2D eigenvalue weighted by molar-refractivity contribution is 7.71. The molecule has 0 amide bonds. The fourth-order valence-electron chi connectivity index (χ4n) is 0.747. The van der Waals surface area contributed by atoms with E-state index in [1.165, 1.54) is 11.5 Å². The summed E-state index contributed by atoms with van der Waals surface area (Å²) in [4.78, 5) is 13.6. The van der Waals surface area contributed by atoms with Crippen molar-refractivity contribution >= 4 is 18.1 Å². The van der Waals surface area contributed by atoms with Crippen LogP contribution in [0.4, 0.5) is 0 Å². The Hall–Kier alpha value is -0.900. The van der Waals surface area contributed by atoms with E-state index in [2.05, 4.69) is 4.98 Å². The van der Waals surface area contributed by atoms with Gasteiger partial charge in [0, 0.05) is 18.8 Å². The maximum atomic E-state index is 10.8. The molecule has 10 heavy (non-hydrogen) atoms. The zero-order valence-electron chi connectivity index (χ0n) is 5.84. The predicted molar refractivity (Wildman–Crippen MR) is 40.7 cm³/mol. The SMILES string of the molecule is CC(=O)n1cc(C)[nH]c1=S. The monoisotopic (exact) mass is 156 g/mol. The maximum absolute atomic E-state index is 10.8. The molecule has 1 aromatic rings. The Labute approximate surface area is 63.7 Å². The molecular weight excluding hydrogens is 148 g/mol. The molecule has 1 heterocycles. The van der Waals surface area contributed by atoms with Crippen LogP contribution in [0.1, 0.15) is 17.4 Å². The Morgan fingerprint density at radius 2 is 2.40 bits per heavy atom. The summed E-state index contributed by atoms with van der Waals surface area (Å²) in [7, 11) is 0. The summed E-state index contributed by atoms with van der Waals surface area (Å²) in [5.74, 6) is -0.0608. The molecule has 0 aliphatic rings. The number of rotatable bonds is 0. The minimum Gasteiger partial charge on any atom is -0.334 e. The van der Waals surface area contributed by atoms with Crippen molar-refractivity contribution in [3.63, 3.8) is 0 Å². The zero-order valence-corrected chi connectivity index (χ0v) is 6.66. The smallest absolute Gasteiger partial charge is 0.229 e. The Kier molecular flexibility index (Phi) is 1.72. The summed E-state index contributed by atoms with van der Waals surface area (Å²) in [6, 6.07) is 0. The molecular formula is C6H8N2OS. The van der Waals surface area contributed by atoms with E-state index < -0.39 is 0 Å². The van der Waals surface area contributed by atoms with Gasteiger partial charge in [-0.1, -0.05) is 0 Å². The summed E-state index contributed by atoms with van der Waals surface area (Å²) in [6.45, 7) is 3.33. The molecule has 0 aliphatic heterocycles. The second-order valence-corrected chi connectivity index (χ2v) is 2.52. The molecule has 0 aliphatic carbocycles. The summed E-state index contributed by atoms with van der Waals surface area (Å²) in [5, 5.41) is 0. The van der Waals surface area contributed by atoms with Crippen LogP contribution in [-0.2, 0) is 0 Å². The molecule has 0 unspecified atom stereocenters. The Morgan fingerprint density at radius 1 is 1.80 bits per heavy atom. The third-order valence-electron chi connectivity index (χ3n) is 1.18. The van der Waals surface area contributed by atoms with Gasteiger partial charge in [-0.3, -0.25) is 9.36 Å². The van der Waals surface area contributed by atoms with Crippen molar-refractivity contribution in [1.82, 2.24) is 9.55 Å². The number of aromatic nitrogens is 2. The van der Waals surface area contributed by atoms with Crippen molar-refractivity contribution in [3.05, 3.63) is 16.7 Å². The number of imidazole rings is 1. The first-order chi connectivity index (χ1) is 4.61. The fraction of sp³-hybridized carbons (Fsp3) is 0.333. The lowest BCUT2D eigenvalue weighted by Gasteiger charge is -1.89. The number of nitrogens with zero attached hydrogens (tertiary/aromatic N) is 1. The topological polar surface area (TPSA) is 37.8 Å². The molecule has 4 heteroatoms. The van der Waals surface area contributed by atoms with Crippen molar-refractivity contribution in [1.29, 1.82) is 0 Å². The summed E-state index contributed by atoms with van der Waals surface area (Å²) in [5.41, 5.74) is 0.903. The second-order valence-electron chi connectivity index (χ2n) is 2.13. The molecule has 0 saturated heterocycles. The first-order valence-corrected chi connectivity index (χ1v) is 3.31. The lowest BCUT2D eigenvalue weighted by molar-refractivity contribution is 0.0935. The molecule has 1 aromatic heterocycles. The van der Waals surface area contributed by atoms with Gasteiger partial charge in [0.05, 0.1) is 0 Å². The Balaban J connectivity index is 3.29. The van der Waals surface area contributed by atoms with Crippen LogP contribution < -0.4 is 0 Å². The number of hydrogen-bond acceptors (Lipinski definition) is 2. The van der Waals surface area contributed by atoms with E-state index >= 15 is 0 Å². The first-order valence-electron chi connectivity index (χ1n) is 2.90. The molecule has 0 saturated carbocycles. The molecule has 0 atom stereocenters. The van der Waals surface area contributed by atoms with Crippen LogP contribution in [-0.4, -0.2) is 15.5 Å². The van der Waals surface area contributed by atoms with Gasteiger partial charge in [-0.25, -0.2) is 0 Å². The van der Waals surface area contributed by atoms with Crippen LogP contribution in [0.2, 0.25) is 0 Å². The first kappa shape index (κ1) is 7.21. The van der Waals surface area contributed by atoms with E-state index in [1.54, 1.807) is 6.20 Å². The molecule has 54 valence electrons. The number of carbonyl (C=O) groups is 1. The molecule has 1 rings (SSSR count). The molecule has 0 fully saturated rings. The van der Waals surface area contributed by atoms with Crippen molar-refractivity contribution < 1.29 is 4.79 Å². The van der Waals surface area contributed by atoms with Crippen LogP contribution in [0.3, 0.4) is 0 Å². The van der Waals surface area contributed by atoms with Gasteiger partial charge in [0.25, 0.3) is 0 Å². The normalized spacial score (nSPS) is 9.80. The van der Waals surface area contributed by atoms with Crippen LogP contribution in [0.15, 0.2) is 6.20 Å². The molecule has 1 N–H and O–H groups in total. The van der Waals surface area contributed by atoms with Crippen molar-refractivity contribution in [2.45, 2.75) is 13.8 Å². The van der Waals surface area contributed by atoms with Gasteiger partial charge in [0.1, 0.15) is 0 Å². The van der Waals surface area contributed by atoms with Crippen molar-refractivity contribution in [2.75, 3.05) is 0 Å². The number of hydrogen-bond donors (Lipinski definition) is 1. The largest absolute Gasteiger partial charge is 0.334 e. The van der Waals surface area contributed by atoms with Crippen LogP contribution in [0, 0.1) is 11.7 Å². The van der Waals surface area contributed by atoms with E-state index in [-0.39, 0.29) is 5.91 Å². The second kappa shape index (κ2) is 2.38. The van der Waals surface area contributed by atoms with Gasteiger partial charge in [0.2, 0.25) is 5.91 Å². The standard InChI is InChI=1S/C6H8N2OS/c1-4-3-8(5(2)9)6(10)7-4/h3H,1-2H3,(H,7,10). The lowest BCUT2D eigenvalue weighted by Crippen LogP contribution is -2.02. The number of aromatic amines is 1. The minimum atomic E-state index is -0.0608. The van der Waals surface area contributed by atoms with Crippen LogP contribution >= 0.6 is 12.2 Å². The van der Waals surface area contributed by atoms with E-state index in [9.17, 15) is 4.79 Å². The summed E-state index contributed by atoms with van der Waals surface area (Å²) in [6.07, 6.45) is 1.69. The average Bonchev–Trinajstić information content (AvgIpc) is 2.10. The van der Waals surface area contributed by atoms with Gasteiger partial charge in [-0.15, -0.1) is 0 Å². The van der Waals surface area contributed by atoms with Gasteiger partial charge < -0.3 is 4.98 Å². The van der Waals surface area contributed by atoms with E-state index in [1.807, 2.05) is 6.92 Å². The Bertz CT molecular complexity index is 310. The molecule has 0 aromatic carbocycles. The number of aryl methyl sites for hydroxylation is 1. The quantitative estimate of drug-likeness (QED) is 0.578. The molecule has 0 spiro atoms. The number of H-pyrrole nitrogens is 1. The highest BCUT2D eigenvalue weighted by Crippen LogP contribution is 1.95. The Morgan fingerprint density at radius 3 is 2.60 bits per heavy atom. The average molecular weight is 156 g/mol. The predicted octanol–water partition coefficient (Wildman–Crippen LogP) is 1.51. The van der Waals surface area contributed by atoms with Gasteiger partial charge in [-0.2, -0.15) is 0 Å². The van der Waals surface area contributed by atoms with Crippen molar-refractivity contribution in [3.8, 4) is 0 Å². The van der Waals surface area contributed by atoms with Gasteiger partial charge in [-0.05, 0) is 19.1 Å². The summed E-state index contributed by atoms with van der Waals surface area (Å²) < 4.78 is 1.87. The third-order valence-corrected chi connectivity index (χ3v) is 1.48. The van der Waals surface area contributed by atoms with E-state index in [4.69, 9.17) is 12.2 Å². The summed E-state index contributed by atoms with van der Waals surface area (Å²) >= 11 is 4.84. The molecule has 0 radical (unpaired) electrons. The highest BCUT2D eigenvalue weighted by Gasteiger charge is 1.98. The van der Waals surface area contributed by atoms with Gasteiger partial charge >= 0.3 is 0 Å². The van der Waals surface area contributed by atoms with Crippen molar-refractivity contribution in [2.24, 2.45) is 0 Å².